The molecule has 1 heterocycles. The first-order valence-corrected chi connectivity index (χ1v) is 11.0. The topological polar surface area (TPSA) is 102 Å². The summed E-state index contributed by atoms with van der Waals surface area (Å²) < 4.78 is 9.79. The quantitative estimate of drug-likeness (QED) is 0.467. The highest BCUT2D eigenvalue weighted by molar-refractivity contribution is 7.98. The molecule has 1 saturated heterocycles. The molecule has 9 heteroatoms. The van der Waals surface area contributed by atoms with Crippen LogP contribution >= 0.6 is 11.8 Å². The zero-order chi connectivity index (χ0) is 22.3. The Balaban J connectivity index is 1.87. The fourth-order valence-corrected chi connectivity index (χ4v) is 3.60. The lowest BCUT2D eigenvalue weighted by atomic mass is 10.0. The molecular weight excluding hydrogens is 408 g/mol. The Morgan fingerprint density at radius 3 is 2.47 bits per heavy atom. The zero-order valence-electron chi connectivity index (χ0n) is 17.7. The third-order valence-corrected chi connectivity index (χ3v) is 5.46. The van der Waals surface area contributed by atoms with Crippen molar-refractivity contribution >= 4 is 41.2 Å². The van der Waals surface area contributed by atoms with Gasteiger partial charge >= 0.3 is 11.9 Å². The maximum absolute atomic E-state index is 12.4. The molecule has 2 amide bonds. The van der Waals surface area contributed by atoms with E-state index in [0.29, 0.717) is 6.42 Å². The van der Waals surface area contributed by atoms with Crippen LogP contribution in [0.1, 0.15) is 26.7 Å². The Morgan fingerprint density at radius 2 is 1.90 bits per heavy atom. The summed E-state index contributed by atoms with van der Waals surface area (Å²) in [5.41, 5.74) is 0.723. The summed E-state index contributed by atoms with van der Waals surface area (Å²) in [5, 5.41) is 2.53. The van der Waals surface area contributed by atoms with E-state index in [1.54, 1.807) is 16.7 Å². The first-order chi connectivity index (χ1) is 14.2. The minimum absolute atomic E-state index is 0.0306. The maximum Gasteiger partial charge on any atom is 0.328 e. The van der Waals surface area contributed by atoms with E-state index in [4.69, 9.17) is 9.47 Å². The number of nitrogens with one attached hydrogen (secondary N) is 1. The van der Waals surface area contributed by atoms with E-state index in [2.05, 4.69) is 5.32 Å². The number of ether oxygens (including phenoxy) is 2. The lowest BCUT2D eigenvalue weighted by molar-refractivity contribution is -0.153. The molecule has 0 aliphatic carbocycles. The number of esters is 2. The van der Waals surface area contributed by atoms with Crippen LogP contribution in [0.3, 0.4) is 0 Å². The predicted molar refractivity (Wildman–Crippen MR) is 113 cm³/mol. The van der Waals surface area contributed by atoms with Crippen molar-refractivity contribution in [2.45, 2.75) is 37.6 Å². The molecular formula is C21H28N2O6S. The van der Waals surface area contributed by atoms with Crippen LogP contribution in [0.5, 0.6) is 0 Å². The van der Waals surface area contributed by atoms with Crippen LogP contribution < -0.4 is 10.2 Å². The highest BCUT2D eigenvalue weighted by atomic mass is 32.2. The Morgan fingerprint density at radius 1 is 1.23 bits per heavy atom. The van der Waals surface area contributed by atoms with Gasteiger partial charge in [0.15, 0.2) is 6.61 Å². The second-order valence-electron chi connectivity index (χ2n) is 7.48. The number of rotatable bonds is 9. The highest BCUT2D eigenvalue weighted by Gasteiger charge is 2.36. The first kappa shape index (κ1) is 23.7. The summed E-state index contributed by atoms with van der Waals surface area (Å²) in [6.07, 6.45) is 2.41. The van der Waals surface area contributed by atoms with Gasteiger partial charge in [-0.25, -0.2) is 4.79 Å². The molecule has 2 atom stereocenters. The second kappa shape index (κ2) is 11.0. The van der Waals surface area contributed by atoms with Crippen LogP contribution in [0, 0.1) is 11.8 Å². The lowest BCUT2D eigenvalue weighted by Crippen LogP contribution is -2.44. The molecule has 0 saturated carbocycles. The molecule has 1 aliphatic rings. The van der Waals surface area contributed by atoms with Gasteiger partial charge in [-0.05, 0) is 42.9 Å². The second-order valence-corrected chi connectivity index (χ2v) is 8.36. The Kier molecular flexibility index (Phi) is 8.71. The summed E-state index contributed by atoms with van der Waals surface area (Å²) in [6, 6.07) is 6.71. The summed E-state index contributed by atoms with van der Waals surface area (Å²) in [5.74, 6) is -2.39. The zero-order valence-corrected chi connectivity index (χ0v) is 18.5. The van der Waals surface area contributed by atoms with Gasteiger partial charge in [-0.2, -0.15) is 0 Å². The number of thioether (sulfide) groups is 1. The molecule has 8 nitrogen and oxygen atoms in total. The molecule has 164 valence electrons. The van der Waals surface area contributed by atoms with Crippen LogP contribution in [0.2, 0.25) is 0 Å². The van der Waals surface area contributed by atoms with Crippen molar-refractivity contribution in [1.82, 2.24) is 5.32 Å². The molecule has 1 N–H and O–H groups in total. The smallest absolute Gasteiger partial charge is 0.328 e. The molecule has 1 aromatic carbocycles. The minimum Gasteiger partial charge on any atom is -0.467 e. The third kappa shape index (κ3) is 6.48. The molecule has 2 unspecified atom stereocenters. The molecule has 30 heavy (non-hydrogen) atoms. The van der Waals surface area contributed by atoms with Crippen molar-refractivity contribution in [2.24, 2.45) is 11.8 Å². The lowest BCUT2D eigenvalue weighted by Gasteiger charge is -2.19. The van der Waals surface area contributed by atoms with Crippen molar-refractivity contribution in [2.75, 3.05) is 31.4 Å². The largest absolute Gasteiger partial charge is 0.467 e. The van der Waals surface area contributed by atoms with Gasteiger partial charge in [0.1, 0.15) is 6.04 Å². The highest BCUT2D eigenvalue weighted by Crippen LogP contribution is 2.27. The molecule has 2 rings (SSSR count). The first-order valence-electron chi connectivity index (χ1n) is 9.73. The number of carbonyl (C=O) groups is 4. The number of hydrogen-bond donors (Lipinski definition) is 1. The number of hydrogen-bond acceptors (Lipinski definition) is 7. The Bertz CT molecular complexity index is 780. The summed E-state index contributed by atoms with van der Waals surface area (Å²) in [7, 11) is 1.25. The molecule has 0 bridgehead atoms. The number of benzene rings is 1. The van der Waals surface area contributed by atoms with Gasteiger partial charge in [0.2, 0.25) is 5.91 Å². The van der Waals surface area contributed by atoms with Gasteiger partial charge in [0.25, 0.3) is 5.91 Å². The maximum atomic E-state index is 12.4. The van der Waals surface area contributed by atoms with E-state index >= 15 is 0 Å². The molecule has 0 spiro atoms. The number of carbonyl (C=O) groups excluding carboxylic acids is 4. The number of anilines is 1. The van der Waals surface area contributed by atoms with E-state index in [-0.39, 0.29) is 24.8 Å². The number of amides is 2. The Labute approximate surface area is 180 Å². The number of methoxy groups -OCH3 is 1. The standard InChI is InChI=1S/C21H28N2O6S/c1-13(2)9-17(21(27)28-3)22-18(24)12-29-20(26)14-10-19(25)23(11-14)15-5-7-16(30-4)8-6-15/h5-8,13-14,17H,9-12H2,1-4H3,(H,22,24). The van der Waals surface area contributed by atoms with E-state index in [1.165, 1.54) is 7.11 Å². The van der Waals surface area contributed by atoms with Crippen LogP contribution in [0.25, 0.3) is 0 Å². The van der Waals surface area contributed by atoms with Crippen LogP contribution in [-0.4, -0.2) is 56.3 Å². The van der Waals surface area contributed by atoms with Gasteiger partial charge in [-0.3, -0.25) is 14.4 Å². The molecule has 0 aromatic heterocycles. The van der Waals surface area contributed by atoms with Crippen molar-refractivity contribution in [3.8, 4) is 0 Å². The van der Waals surface area contributed by atoms with Crippen LogP contribution in [-0.2, 0) is 28.7 Å². The van der Waals surface area contributed by atoms with Gasteiger partial charge in [0.05, 0.1) is 13.0 Å². The van der Waals surface area contributed by atoms with Gasteiger partial charge in [0, 0.05) is 23.5 Å². The normalized spacial score (nSPS) is 17.0. The molecule has 1 fully saturated rings. The van der Waals surface area contributed by atoms with Crippen molar-refractivity contribution in [1.29, 1.82) is 0 Å². The van der Waals surface area contributed by atoms with Gasteiger partial charge in [-0.1, -0.05) is 13.8 Å². The predicted octanol–water partition coefficient (Wildman–Crippen LogP) is 2.01. The Hall–Kier alpha value is -2.55. The fourth-order valence-electron chi connectivity index (χ4n) is 3.20. The molecule has 1 aliphatic heterocycles. The third-order valence-electron chi connectivity index (χ3n) is 4.72. The van der Waals surface area contributed by atoms with E-state index in [9.17, 15) is 19.2 Å². The summed E-state index contributed by atoms with van der Waals surface area (Å²) in [4.78, 5) is 51.2. The summed E-state index contributed by atoms with van der Waals surface area (Å²) >= 11 is 1.60. The average molecular weight is 437 g/mol. The van der Waals surface area contributed by atoms with Gasteiger partial charge < -0.3 is 19.7 Å². The van der Waals surface area contributed by atoms with Crippen LogP contribution in [0.15, 0.2) is 29.2 Å². The van der Waals surface area contributed by atoms with E-state index in [1.807, 2.05) is 44.4 Å². The monoisotopic (exact) mass is 436 g/mol. The van der Waals surface area contributed by atoms with E-state index < -0.39 is 36.4 Å². The van der Waals surface area contributed by atoms with Crippen molar-refractivity contribution in [3.05, 3.63) is 24.3 Å². The number of nitrogens with zero attached hydrogens (tertiary/aromatic N) is 1. The van der Waals surface area contributed by atoms with E-state index in [0.717, 1.165) is 10.6 Å². The van der Waals surface area contributed by atoms with Crippen molar-refractivity contribution < 1.29 is 28.7 Å². The van der Waals surface area contributed by atoms with Crippen molar-refractivity contribution in [3.63, 3.8) is 0 Å². The minimum atomic E-state index is -0.797. The fraction of sp³-hybridized carbons (Fsp3) is 0.524. The summed E-state index contributed by atoms with van der Waals surface area (Å²) in [6.45, 7) is 3.52. The SMILES string of the molecule is COC(=O)C(CC(C)C)NC(=O)COC(=O)C1CC(=O)N(c2ccc(SC)cc2)C1. The molecule has 1 aromatic rings. The average Bonchev–Trinajstić information content (AvgIpc) is 3.12. The van der Waals surface area contributed by atoms with Gasteiger partial charge in [-0.15, -0.1) is 11.8 Å². The molecule has 0 radical (unpaired) electrons. The van der Waals surface area contributed by atoms with Crippen LogP contribution in [0.4, 0.5) is 5.69 Å².